The second-order valence-electron chi connectivity index (χ2n) is 8.82. The number of rotatable bonds is 6. The molecule has 186 valence electrons. The van der Waals surface area contributed by atoms with E-state index in [1.54, 1.807) is 12.1 Å². The van der Waals surface area contributed by atoms with E-state index in [0.717, 1.165) is 22.0 Å². The van der Waals surface area contributed by atoms with Crippen LogP contribution >= 0.6 is 0 Å². The number of nitrogens with one attached hydrogen (secondary N) is 1. The molecule has 1 aromatic heterocycles. The van der Waals surface area contributed by atoms with Gasteiger partial charge >= 0.3 is 0 Å². The van der Waals surface area contributed by atoms with E-state index in [1.807, 2.05) is 26.0 Å². The molecule has 7 nitrogen and oxygen atoms in total. The minimum absolute atomic E-state index is 0.0121. The Morgan fingerprint density at radius 2 is 1.58 bits per heavy atom. The smallest absolute Gasteiger partial charge is 0.252 e. The lowest BCUT2D eigenvalue weighted by Crippen LogP contribution is -2.32. The number of hydrogen-bond donors (Lipinski definition) is 1. The van der Waals surface area contributed by atoms with Crippen molar-refractivity contribution < 1.29 is 22.3 Å². The normalized spacial score (nSPS) is 13.3. The summed E-state index contributed by atoms with van der Waals surface area (Å²) in [4.78, 5) is 15.9. The molecule has 1 N–H and O–H groups in total. The molecule has 1 aliphatic heterocycles. The first-order valence-corrected chi connectivity index (χ1v) is 12.9. The second kappa shape index (κ2) is 9.40. The topological polar surface area (TPSA) is 88.7 Å². The van der Waals surface area contributed by atoms with Crippen molar-refractivity contribution in [2.45, 2.75) is 31.8 Å². The second-order valence-corrected chi connectivity index (χ2v) is 10.8. The van der Waals surface area contributed by atoms with Crippen LogP contribution < -0.4 is 15.0 Å². The molecule has 3 aromatic carbocycles. The van der Waals surface area contributed by atoms with Gasteiger partial charge in [0.1, 0.15) is 19.0 Å². The summed E-state index contributed by atoms with van der Waals surface area (Å²) in [5, 5.41) is 0.850. The molecule has 2 heterocycles. The summed E-state index contributed by atoms with van der Waals surface area (Å²) in [7, 11) is -4.08. The van der Waals surface area contributed by atoms with Gasteiger partial charge in [-0.15, -0.1) is 0 Å². The molecule has 0 bridgehead atoms. The van der Waals surface area contributed by atoms with Gasteiger partial charge < -0.3 is 14.5 Å². The van der Waals surface area contributed by atoms with E-state index in [9.17, 15) is 17.6 Å². The van der Waals surface area contributed by atoms with Crippen LogP contribution in [0.4, 0.5) is 4.39 Å². The Labute approximate surface area is 208 Å². The number of ether oxygens (including phenoxy) is 2. The van der Waals surface area contributed by atoms with Crippen LogP contribution in [0.3, 0.4) is 0 Å². The molecule has 4 aromatic rings. The number of aryl methyl sites for hydroxylation is 2. The van der Waals surface area contributed by atoms with E-state index in [1.165, 1.54) is 40.7 Å². The molecule has 0 fully saturated rings. The van der Waals surface area contributed by atoms with Crippen LogP contribution in [0.2, 0.25) is 0 Å². The average Bonchev–Trinajstić information content (AvgIpc) is 2.87. The SMILES string of the molecule is Cc1ccc(C)c2[nH]c(=O)c(CN(Cc3ccc(F)cc3)S(=O)(=O)c3ccc4c(c3)OCCO4)cc12. The molecule has 9 heteroatoms. The molecule has 0 amide bonds. The number of pyridine rings is 1. The van der Waals surface area contributed by atoms with Crippen molar-refractivity contribution in [3.63, 3.8) is 0 Å². The van der Waals surface area contributed by atoms with Gasteiger partial charge in [-0.25, -0.2) is 12.8 Å². The molecule has 0 unspecified atom stereocenters. The summed E-state index contributed by atoms with van der Waals surface area (Å²) < 4.78 is 53.5. The van der Waals surface area contributed by atoms with Crippen molar-refractivity contribution in [2.24, 2.45) is 0 Å². The number of aromatic amines is 1. The number of benzene rings is 3. The largest absolute Gasteiger partial charge is 0.486 e. The Balaban J connectivity index is 1.58. The van der Waals surface area contributed by atoms with Gasteiger partial charge in [-0.3, -0.25) is 4.79 Å². The fourth-order valence-electron chi connectivity index (χ4n) is 4.28. The molecule has 0 spiro atoms. The standard InChI is InChI=1S/C27H25FN2O5S/c1-17-3-4-18(2)26-23(17)13-20(27(31)29-26)16-30(15-19-5-7-21(28)8-6-19)36(32,33)22-9-10-24-25(14-22)35-12-11-34-24/h3-10,13-14H,11-12,15-16H2,1-2H3,(H,29,31). The summed E-state index contributed by atoms with van der Waals surface area (Å²) in [6.07, 6.45) is 0. The van der Waals surface area contributed by atoms with Crippen LogP contribution in [0.15, 0.2) is 70.4 Å². The molecule has 0 aliphatic carbocycles. The van der Waals surface area contributed by atoms with Crippen LogP contribution in [-0.2, 0) is 23.1 Å². The van der Waals surface area contributed by atoms with Gasteiger partial charge in [0.15, 0.2) is 11.5 Å². The maximum absolute atomic E-state index is 13.8. The fraction of sp³-hybridized carbons (Fsp3) is 0.222. The minimum Gasteiger partial charge on any atom is -0.486 e. The van der Waals surface area contributed by atoms with Crippen LogP contribution in [0.1, 0.15) is 22.3 Å². The van der Waals surface area contributed by atoms with Crippen LogP contribution in [-0.4, -0.2) is 30.9 Å². The lowest BCUT2D eigenvalue weighted by molar-refractivity contribution is 0.171. The zero-order valence-corrected chi connectivity index (χ0v) is 20.7. The van der Waals surface area contributed by atoms with E-state index in [-0.39, 0.29) is 23.5 Å². The highest BCUT2D eigenvalue weighted by Crippen LogP contribution is 2.34. The van der Waals surface area contributed by atoms with Gasteiger partial charge in [0.2, 0.25) is 10.0 Å². The number of hydrogen-bond acceptors (Lipinski definition) is 5. The lowest BCUT2D eigenvalue weighted by atomic mass is 10.0. The van der Waals surface area contributed by atoms with Gasteiger partial charge in [0, 0.05) is 30.1 Å². The third-order valence-corrected chi connectivity index (χ3v) is 8.08. The van der Waals surface area contributed by atoms with Gasteiger partial charge in [-0.05, 0) is 60.9 Å². The highest BCUT2D eigenvalue weighted by Gasteiger charge is 2.28. The van der Waals surface area contributed by atoms with E-state index in [2.05, 4.69) is 4.98 Å². The Morgan fingerprint density at radius 1 is 0.889 bits per heavy atom. The van der Waals surface area contributed by atoms with E-state index < -0.39 is 15.8 Å². The first-order valence-electron chi connectivity index (χ1n) is 11.5. The van der Waals surface area contributed by atoms with Crippen molar-refractivity contribution in [1.82, 2.24) is 9.29 Å². The van der Waals surface area contributed by atoms with Crippen molar-refractivity contribution in [2.75, 3.05) is 13.2 Å². The van der Waals surface area contributed by atoms with Crippen LogP contribution in [0.25, 0.3) is 10.9 Å². The van der Waals surface area contributed by atoms with Crippen molar-refractivity contribution >= 4 is 20.9 Å². The summed E-state index contributed by atoms with van der Waals surface area (Å²) >= 11 is 0. The van der Waals surface area contributed by atoms with Gasteiger partial charge in [-0.2, -0.15) is 4.31 Å². The molecule has 0 saturated carbocycles. The monoisotopic (exact) mass is 508 g/mol. The number of aromatic nitrogens is 1. The highest BCUT2D eigenvalue weighted by molar-refractivity contribution is 7.89. The maximum Gasteiger partial charge on any atom is 0.252 e. The first kappa shape index (κ1) is 24.0. The van der Waals surface area contributed by atoms with E-state index >= 15 is 0 Å². The number of H-pyrrole nitrogens is 1. The van der Waals surface area contributed by atoms with Crippen molar-refractivity contribution in [1.29, 1.82) is 0 Å². The third kappa shape index (κ3) is 4.59. The molecule has 5 rings (SSSR count). The predicted octanol–water partition coefficient (Wildman–Crippen LogP) is 4.45. The molecular formula is C27H25FN2O5S. The summed E-state index contributed by atoms with van der Waals surface area (Å²) in [6, 6.07) is 15.7. The molecule has 0 radical (unpaired) electrons. The van der Waals surface area contributed by atoms with Crippen molar-refractivity contribution in [3.05, 3.63) is 99.1 Å². The summed E-state index contributed by atoms with van der Waals surface area (Å²) in [6.45, 7) is 4.32. The Kier molecular flexibility index (Phi) is 6.27. The lowest BCUT2D eigenvalue weighted by Gasteiger charge is -2.24. The Morgan fingerprint density at radius 3 is 2.33 bits per heavy atom. The summed E-state index contributed by atoms with van der Waals surface area (Å²) in [5.74, 6) is 0.401. The first-order chi connectivity index (χ1) is 17.2. The quantitative estimate of drug-likeness (QED) is 0.416. The molecule has 36 heavy (non-hydrogen) atoms. The van der Waals surface area contributed by atoms with Crippen LogP contribution in [0, 0.1) is 19.7 Å². The van der Waals surface area contributed by atoms with Crippen molar-refractivity contribution in [3.8, 4) is 11.5 Å². The Hall–Kier alpha value is -3.69. The summed E-state index contributed by atoms with van der Waals surface area (Å²) in [5.41, 5.74) is 3.14. The molecule has 1 aliphatic rings. The average molecular weight is 509 g/mol. The molecular weight excluding hydrogens is 483 g/mol. The van der Waals surface area contributed by atoms with Crippen LogP contribution in [0.5, 0.6) is 11.5 Å². The van der Waals surface area contributed by atoms with E-state index in [0.29, 0.717) is 35.8 Å². The Bertz CT molecular complexity index is 1610. The fourth-order valence-corrected chi connectivity index (χ4v) is 5.70. The number of halogens is 1. The minimum atomic E-state index is -4.08. The van der Waals surface area contributed by atoms with E-state index in [4.69, 9.17) is 9.47 Å². The number of nitrogens with zero attached hydrogens (tertiary/aromatic N) is 1. The van der Waals surface area contributed by atoms with Gasteiger partial charge in [0.05, 0.1) is 10.4 Å². The van der Waals surface area contributed by atoms with Gasteiger partial charge in [0.25, 0.3) is 5.56 Å². The number of sulfonamides is 1. The molecule has 0 atom stereocenters. The molecule has 0 saturated heterocycles. The third-order valence-electron chi connectivity index (χ3n) is 6.29. The zero-order chi connectivity index (χ0) is 25.4. The van der Waals surface area contributed by atoms with Gasteiger partial charge in [-0.1, -0.05) is 24.3 Å². The number of fused-ring (bicyclic) bond motifs is 2. The highest BCUT2D eigenvalue weighted by atomic mass is 32.2. The maximum atomic E-state index is 13.8. The zero-order valence-electron chi connectivity index (χ0n) is 19.9. The predicted molar refractivity (Wildman–Crippen MR) is 134 cm³/mol.